The number of nitrogens with zero attached hydrogens (tertiary/aromatic N) is 2. The minimum atomic E-state index is -0.360. The second-order valence-corrected chi connectivity index (χ2v) is 5.23. The van der Waals surface area contributed by atoms with Gasteiger partial charge in [0, 0.05) is 24.8 Å². The average Bonchev–Trinajstić information content (AvgIpc) is 2.86. The molecule has 1 aromatic heterocycles. The Labute approximate surface area is 125 Å². The Morgan fingerprint density at radius 1 is 1.32 bits per heavy atom. The minimum Gasteiger partial charge on any atom is -0.361 e. The summed E-state index contributed by atoms with van der Waals surface area (Å²) in [4.78, 5) is 25.6. The summed E-state index contributed by atoms with van der Waals surface area (Å²) in [5.74, 6) is -0.507. The van der Waals surface area contributed by atoms with Crippen LogP contribution in [0.5, 0.6) is 0 Å². The van der Waals surface area contributed by atoms with Gasteiger partial charge >= 0.3 is 0 Å². The second-order valence-electron chi connectivity index (χ2n) is 5.23. The van der Waals surface area contributed by atoms with Crippen LogP contribution < -0.4 is 5.32 Å². The lowest BCUT2D eigenvalue weighted by Crippen LogP contribution is -2.54. The van der Waals surface area contributed by atoms with E-state index in [-0.39, 0.29) is 29.2 Å². The molecule has 1 aliphatic heterocycles. The van der Waals surface area contributed by atoms with Crippen molar-refractivity contribution >= 4 is 17.5 Å². The quantitative estimate of drug-likeness (QED) is 0.938. The van der Waals surface area contributed by atoms with Crippen molar-refractivity contribution in [1.29, 1.82) is 0 Å². The number of aromatic nitrogens is 1. The first-order valence-electron chi connectivity index (χ1n) is 6.82. The minimum absolute atomic E-state index is 0.188. The summed E-state index contributed by atoms with van der Waals surface area (Å²) in [5, 5.41) is 6.36. The molecule has 3 rings (SSSR count). The SMILES string of the molecule is Cc1cc(C(=O)N2CC(C(=O)Nc3ccc(F)cc3)C2)no1. The summed E-state index contributed by atoms with van der Waals surface area (Å²) < 4.78 is 17.7. The molecule has 6 nitrogen and oxygen atoms in total. The zero-order valence-corrected chi connectivity index (χ0v) is 11.9. The molecular weight excluding hydrogens is 289 g/mol. The fourth-order valence-corrected chi connectivity index (χ4v) is 2.22. The fourth-order valence-electron chi connectivity index (χ4n) is 2.22. The van der Waals surface area contributed by atoms with Gasteiger partial charge in [-0.25, -0.2) is 4.39 Å². The predicted octanol–water partition coefficient (Wildman–Crippen LogP) is 1.83. The number of hydrogen-bond donors (Lipinski definition) is 1. The first-order valence-corrected chi connectivity index (χ1v) is 6.82. The molecule has 1 N–H and O–H groups in total. The van der Waals surface area contributed by atoms with Gasteiger partial charge in [0.2, 0.25) is 5.91 Å². The number of halogens is 1. The van der Waals surface area contributed by atoms with Gasteiger partial charge in [-0.2, -0.15) is 0 Å². The van der Waals surface area contributed by atoms with E-state index in [9.17, 15) is 14.0 Å². The van der Waals surface area contributed by atoms with Crippen LogP contribution in [-0.4, -0.2) is 35.0 Å². The van der Waals surface area contributed by atoms with E-state index in [2.05, 4.69) is 10.5 Å². The van der Waals surface area contributed by atoms with E-state index in [1.807, 2.05) is 0 Å². The van der Waals surface area contributed by atoms with Crippen LogP contribution in [0.4, 0.5) is 10.1 Å². The third-order valence-electron chi connectivity index (χ3n) is 3.50. The van der Waals surface area contributed by atoms with E-state index in [0.29, 0.717) is 24.5 Å². The van der Waals surface area contributed by atoms with E-state index >= 15 is 0 Å². The molecule has 0 spiro atoms. The Morgan fingerprint density at radius 2 is 2.00 bits per heavy atom. The van der Waals surface area contributed by atoms with E-state index < -0.39 is 0 Å². The summed E-state index contributed by atoms with van der Waals surface area (Å²) in [6.07, 6.45) is 0. The lowest BCUT2D eigenvalue weighted by Gasteiger charge is -2.37. The number of aryl methyl sites for hydroxylation is 1. The van der Waals surface area contributed by atoms with E-state index in [1.165, 1.54) is 29.2 Å². The number of carbonyl (C=O) groups is 2. The van der Waals surface area contributed by atoms with Crippen LogP contribution in [0.3, 0.4) is 0 Å². The second kappa shape index (κ2) is 5.59. The van der Waals surface area contributed by atoms with Gasteiger partial charge in [-0.05, 0) is 31.2 Å². The predicted molar refractivity (Wildman–Crippen MR) is 75.7 cm³/mol. The van der Waals surface area contributed by atoms with E-state index in [1.54, 1.807) is 13.0 Å². The zero-order valence-electron chi connectivity index (χ0n) is 11.9. The normalized spacial score (nSPS) is 14.5. The number of likely N-dealkylation sites (tertiary alicyclic amines) is 1. The molecular formula is C15H14FN3O3. The third-order valence-corrected chi connectivity index (χ3v) is 3.50. The molecule has 0 atom stereocenters. The Morgan fingerprint density at radius 3 is 2.59 bits per heavy atom. The van der Waals surface area contributed by atoms with Crippen molar-refractivity contribution in [3.63, 3.8) is 0 Å². The summed E-state index contributed by atoms with van der Waals surface area (Å²) in [5.41, 5.74) is 0.776. The Balaban J connectivity index is 1.53. The summed E-state index contributed by atoms with van der Waals surface area (Å²) in [6, 6.07) is 7.10. The summed E-state index contributed by atoms with van der Waals surface area (Å²) in [6.45, 7) is 2.37. The maximum absolute atomic E-state index is 12.8. The van der Waals surface area contributed by atoms with Crippen molar-refractivity contribution in [2.24, 2.45) is 5.92 Å². The molecule has 1 aliphatic rings. The molecule has 0 radical (unpaired) electrons. The molecule has 0 saturated carbocycles. The Hall–Kier alpha value is -2.70. The van der Waals surface area contributed by atoms with Gasteiger partial charge in [-0.1, -0.05) is 5.16 Å². The number of carbonyl (C=O) groups excluding carboxylic acids is 2. The number of nitrogens with one attached hydrogen (secondary N) is 1. The van der Waals surface area contributed by atoms with Gasteiger partial charge in [0.25, 0.3) is 5.91 Å². The topological polar surface area (TPSA) is 75.4 Å². The first-order chi connectivity index (χ1) is 10.5. The van der Waals surface area contributed by atoms with E-state index in [4.69, 9.17) is 4.52 Å². The molecule has 0 bridgehead atoms. The number of rotatable bonds is 3. The number of hydrogen-bond acceptors (Lipinski definition) is 4. The highest BCUT2D eigenvalue weighted by atomic mass is 19.1. The number of anilines is 1. The molecule has 7 heteroatoms. The van der Waals surface area contributed by atoms with Crippen LogP contribution in [0.2, 0.25) is 0 Å². The lowest BCUT2D eigenvalue weighted by atomic mass is 9.98. The van der Waals surface area contributed by atoms with Crippen LogP contribution in [0.15, 0.2) is 34.9 Å². The van der Waals surface area contributed by atoms with Crippen molar-refractivity contribution < 1.29 is 18.5 Å². The molecule has 2 aromatic rings. The lowest BCUT2D eigenvalue weighted by molar-refractivity contribution is -0.123. The van der Waals surface area contributed by atoms with Crippen LogP contribution in [0.25, 0.3) is 0 Å². The van der Waals surface area contributed by atoms with Gasteiger partial charge in [0.15, 0.2) is 5.69 Å². The van der Waals surface area contributed by atoms with Gasteiger partial charge in [0.05, 0.1) is 5.92 Å². The maximum Gasteiger partial charge on any atom is 0.276 e. The third kappa shape index (κ3) is 2.83. The highest BCUT2D eigenvalue weighted by molar-refractivity contribution is 5.97. The first kappa shape index (κ1) is 14.2. The molecule has 2 amide bonds. The van der Waals surface area contributed by atoms with Gasteiger partial charge in [0.1, 0.15) is 11.6 Å². The smallest absolute Gasteiger partial charge is 0.276 e. The Bertz CT molecular complexity index is 705. The molecule has 114 valence electrons. The summed E-state index contributed by atoms with van der Waals surface area (Å²) >= 11 is 0. The molecule has 22 heavy (non-hydrogen) atoms. The average molecular weight is 303 g/mol. The highest BCUT2D eigenvalue weighted by Gasteiger charge is 2.37. The fraction of sp³-hybridized carbons (Fsp3) is 0.267. The molecule has 0 aliphatic carbocycles. The van der Waals surface area contributed by atoms with Gasteiger partial charge < -0.3 is 14.7 Å². The number of amides is 2. The van der Waals surface area contributed by atoms with Crippen LogP contribution >= 0.6 is 0 Å². The van der Waals surface area contributed by atoms with Crippen LogP contribution in [-0.2, 0) is 4.79 Å². The largest absolute Gasteiger partial charge is 0.361 e. The monoisotopic (exact) mass is 303 g/mol. The molecule has 1 saturated heterocycles. The highest BCUT2D eigenvalue weighted by Crippen LogP contribution is 2.20. The standard InChI is InChI=1S/C15H14FN3O3/c1-9-6-13(18-22-9)15(21)19-7-10(8-19)14(20)17-12-4-2-11(16)3-5-12/h2-6,10H,7-8H2,1H3,(H,17,20). The molecule has 0 unspecified atom stereocenters. The summed E-state index contributed by atoms with van der Waals surface area (Å²) in [7, 11) is 0. The van der Waals surface area contributed by atoms with Gasteiger partial charge in [-0.15, -0.1) is 0 Å². The maximum atomic E-state index is 12.8. The molecule has 1 aromatic carbocycles. The Kier molecular flexibility index (Phi) is 3.62. The van der Waals surface area contributed by atoms with Gasteiger partial charge in [-0.3, -0.25) is 9.59 Å². The van der Waals surface area contributed by atoms with Crippen molar-refractivity contribution in [2.75, 3.05) is 18.4 Å². The van der Waals surface area contributed by atoms with E-state index in [0.717, 1.165) is 0 Å². The molecule has 2 heterocycles. The van der Waals surface area contributed by atoms with Crippen LogP contribution in [0, 0.1) is 18.7 Å². The van der Waals surface area contributed by atoms with Crippen molar-refractivity contribution in [1.82, 2.24) is 10.1 Å². The zero-order chi connectivity index (χ0) is 15.7. The van der Waals surface area contributed by atoms with Crippen molar-refractivity contribution in [2.45, 2.75) is 6.92 Å². The van der Waals surface area contributed by atoms with Crippen molar-refractivity contribution in [3.05, 3.63) is 47.6 Å². The van der Waals surface area contributed by atoms with Crippen molar-refractivity contribution in [3.8, 4) is 0 Å². The van der Waals surface area contributed by atoms with Crippen LogP contribution in [0.1, 0.15) is 16.2 Å². The molecule has 1 fully saturated rings. The number of benzene rings is 1.